The number of nitrogens with zero attached hydrogens (tertiary/aromatic N) is 1. The number of hydrogen-bond acceptors (Lipinski definition) is 4. The molecule has 1 aliphatic rings. The standard InChI is InChI=1S/C23H19ClN2O3S/c1-29-18-6-4-5-17(13-18)26-21(27)14-30-23(26)15-9-11-16(12-10-15)25-22(28)19-7-2-3-8-20(19)24/h2-13,23H,14H2,1H3,(H,25,28). The number of anilines is 2. The van der Waals surface area contributed by atoms with E-state index in [1.165, 1.54) is 0 Å². The Morgan fingerprint density at radius 1 is 1.10 bits per heavy atom. The van der Waals surface area contributed by atoms with Gasteiger partial charge in [0.1, 0.15) is 11.1 Å². The molecule has 1 aliphatic heterocycles. The first-order chi connectivity index (χ1) is 14.6. The summed E-state index contributed by atoms with van der Waals surface area (Å²) in [7, 11) is 1.60. The Kier molecular flexibility index (Phi) is 5.97. The van der Waals surface area contributed by atoms with E-state index >= 15 is 0 Å². The minimum absolute atomic E-state index is 0.0503. The van der Waals surface area contributed by atoms with E-state index < -0.39 is 0 Å². The van der Waals surface area contributed by atoms with Crippen LogP contribution in [0.3, 0.4) is 0 Å². The van der Waals surface area contributed by atoms with Crippen LogP contribution in [-0.4, -0.2) is 24.7 Å². The molecule has 7 heteroatoms. The number of hydrogen-bond donors (Lipinski definition) is 1. The fraction of sp³-hybridized carbons (Fsp3) is 0.130. The van der Waals surface area contributed by atoms with Crippen molar-refractivity contribution in [3.63, 3.8) is 0 Å². The molecule has 30 heavy (non-hydrogen) atoms. The van der Waals surface area contributed by atoms with Gasteiger partial charge in [-0.3, -0.25) is 14.5 Å². The third kappa shape index (κ3) is 4.15. The summed E-state index contributed by atoms with van der Waals surface area (Å²) in [6.45, 7) is 0. The zero-order valence-corrected chi connectivity index (χ0v) is 17.7. The molecule has 3 aromatic rings. The summed E-state index contributed by atoms with van der Waals surface area (Å²) in [5.41, 5.74) is 2.85. The first-order valence-electron chi connectivity index (χ1n) is 9.30. The second-order valence-corrected chi connectivity index (χ2v) is 8.16. The van der Waals surface area contributed by atoms with Crippen LogP contribution in [0.25, 0.3) is 0 Å². The first-order valence-corrected chi connectivity index (χ1v) is 10.7. The number of amides is 2. The third-order valence-electron chi connectivity index (χ3n) is 4.77. The lowest BCUT2D eigenvalue weighted by Crippen LogP contribution is -2.27. The molecule has 1 heterocycles. The van der Waals surface area contributed by atoms with Gasteiger partial charge < -0.3 is 10.1 Å². The van der Waals surface area contributed by atoms with Crippen molar-refractivity contribution in [1.29, 1.82) is 0 Å². The molecular formula is C23H19ClN2O3S. The zero-order chi connectivity index (χ0) is 21.1. The molecule has 0 aliphatic carbocycles. The Hall–Kier alpha value is -2.96. The number of nitrogens with one attached hydrogen (secondary N) is 1. The summed E-state index contributed by atoms with van der Waals surface area (Å²) < 4.78 is 5.29. The second kappa shape index (κ2) is 8.81. The summed E-state index contributed by atoms with van der Waals surface area (Å²) in [4.78, 5) is 26.8. The zero-order valence-electron chi connectivity index (χ0n) is 16.2. The maximum absolute atomic E-state index is 12.6. The SMILES string of the molecule is COc1cccc(N2C(=O)CSC2c2ccc(NC(=O)c3ccccc3Cl)cc2)c1. The number of carbonyl (C=O) groups excluding carboxylic acids is 2. The van der Waals surface area contributed by atoms with Crippen molar-refractivity contribution >= 4 is 46.6 Å². The molecule has 152 valence electrons. The van der Waals surface area contributed by atoms with Crippen molar-refractivity contribution in [2.24, 2.45) is 0 Å². The summed E-state index contributed by atoms with van der Waals surface area (Å²) in [6.07, 6.45) is 0. The van der Waals surface area contributed by atoms with Crippen molar-refractivity contribution < 1.29 is 14.3 Å². The van der Waals surface area contributed by atoms with Gasteiger partial charge in [-0.2, -0.15) is 0 Å². The smallest absolute Gasteiger partial charge is 0.257 e. The highest BCUT2D eigenvalue weighted by molar-refractivity contribution is 8.00. The molecule has 1 saturated heterocycles. The molecular weight excluding hydrogens is 420 g/mol. The van der Waals surface area contributed by atoms with Crippen LogP contribution in [0.1, 0.15) is 21.3 Å². The molecule has 1 atom stereocenters. The number of rotatable bonds is 5. The lowest BCUT2D eigenvalue weighted by atomic mass is 10.1. The van der Waals surface area contributed by atoms with Gasteiger partial charge in [-0.15, -0.1) is 11.8 Å². The minimum Gasteiger partial charge on any atom is -0.497 e. The fourth-order valence-corrected chi connectivity index (χ4v) is 4.68. The van der Waals surface area contributed by atoms with Crippen LogP contribution in [0.2, 0.25) is 5.02 Å². The second-order valence-electron chi connectivity index (χ2n) is 6.68. The predicted octanol–water partition coefficient (Wildman–Crippen LogP) is 5.38. The van der Waals surface area contributed by atoms with Gasteiger partial charge in [0.05, 0.1) is 23.4 Å². The number of ether oxygens (including phenoxy) is 1. The molecule has 3 aromatic carbocycles. The Morgan fingerprint density at radius 2 is 1.87 bits per heavy atom. The van der Waals surface area contributed by atoms with Crippen LogP contribution in [0.15, 0.2) is 72.8 Å². The molecule has 0 bridgehead atoms. The Labute approximate surface area is 184 Å². The van der Waals surface area contributed by atoms with Crippen LogP contribution in [-0.2, 0) is 4.79 Å². The molecule has 2 amide bonds. The Bertz CT molecular complexity index is 1090. The molecule has 0 spiro atoms. The van der Waals surface area contributed by atoms with Crippen molar-refractivity contribution in [3.8, 4) is 5.75 Å². The van der Waals surface area contributed by atoms with Gasteiger partial charge >= 0.3 is 0 Å². The van der Waals surface area contributed by atoms with Gasteiger partial charge in [0, 0.05) is 17.4 Å². The van der Waals surface area contributed by atoms with Crippen molar-refractivity contribution in [1.82, 2.24) is 0 Å². The average Bonchev–Trinajstić information content (AvgIpc) is 3.16. The Morgan fingerprint density at radius 3 is 2.60 bits per heavy atom. The van der Waals surface area contributed by atoms with Crippen molar-refractivity contribution in [3.05, 3.63) is 88.9 Å². The van der Waals surface area contributed by atoms with Gasteiger partial charge in [-0.05, 0) is 42.0 Å². The maximum Gasteiger partial charge on any atom is 0.257 e. The number of halogens is 1. The van der Waals surface area contributed by atoms with Gasteiger partial charge in [0.2, 0.25) is 5.91 Å². The lowest BCUT2D eigenvalue weighted by Gasteiger charge is -2.25. The quantitative estimate of drug-likeness (QED) is 0.581. The van der Waals surface area contributed by atoms with E-state index in [1.807, 2.05) is 48.5 Å². The fourth-order valence-electron chi connectivity index (χ4n) is 3.28. The van der Waals surface area contributed by atoms with Gasteiger partial charge in [0.25, 0.3) is 5.91 Å². The van der Waals surface area contributed by atoms with Crippen molar-refractivity contribution in [2.45, 2.75) is 5.37 Å². The number of thioether (sulfide) groups is 1. The molecule has 4 rings (SSSR count). The van der Waals surface area contributed by atoms with E-state index in [9.17, 15) is 9.59 Å². The first kappa shape index (κ1) is 20.3. The molecule has 0 radical (unpaired) electrons. The average molecular weight is 439 g/mol. The maximum atomic E-state index is 12.6. The van der Waals surface area contributed by atoms with Crippen LogP contribution < -0.4 is 15.0 Å². The summed E-state index contributed by atoms with van der Waals surface area (Å²) in [6, 6.07) is 21.9. The van der Waals surface area contributed by atoms with E-state index in [-0.39, 0.29) is 17.2 Å². The van der Waals surface area contributed by atoms with Gasteiger partial charge in [-0.1, -0.05) is 41.9 Å². The number of methoxy groups -OCH3 is 1. The molecule has 5 nitrogen and oxygen atoms in total. The topological polar surface area (TPSA) is 58.6 Å². The minimum atomic E-state index is -0.267. The predicted molar refractivity (Wildman–Crippen MR) is 122 cm³/mol. The third-order valence-corrected chi connectivity index (χ3v) is 6.31. The number of carbonyl (C=O) groups is 2. The lowest BCUT2D eigenvalue weighted by molar-refractivity contribution is -0.115. The van der Waals surface area contributed by atoms with E-state index in [0.29, 0.717) is 27.8 Å². The summed E-state index contributed by atoms with van der Waals surface area (Å²) >= 11 is 7.67. The van der Waals surface area contributed by atoms with E-state index in [0.717, 1.165) is 11.3 Å². The van der Waals surface area contributed by atoms with Crippen LogP contribution in [0.5, 0.6) is 5.75 Å². The molecule has 0 aromatic heterocycles. The van der Waals surface area contributed by atoms with Crippen LogP contribution in [0, 0.1) is 0 Å². The van der Waals surface area contributed by atoms with E-state index in [2.05, 4.69) is 5.32 Å². The molecule has 1 N–H and O–H groups in total. The largest absolute Gasteiger partial charge is 0.497 e. The van der Waals surface area contributed by atoms with Gasteiger partial charge in [-0.25, -0.2) is 0 Å². The highest BCUT2D eigenvalue weighted by Gasteiger charge is 2.34. The highest BCUT2D eigenvalue weighted by Crippen LogP contribution is 2.42. The molecule has 0 saturated carbocycles. The number of benzene rings is 3. The molecule has 1 fully saturated rings. The van der Waals surface area contributed by atoms with Gasteiger partial charge in [0.15, 0.2) is 0 Å². The summed E-state index contributed by atoms with van der Waals surface area (Å²) in [5.74, 6) is 0.895. The highest BCUT2D eigenvalue weighted by atomic mass is 35.5. The Balaban J connectivity index is 1.53. The van der Waals surface area contributed by atoms with Crippen LogP contribution >= 0.6 is 23.4 Å². The molecule has 1 unspecified atom stereocenters. The van der Waals surface area contributed by atoms with E-state index in [1.54, 1.807) is 48.0 Å². The van der Waals surface area contributed by atoms with Crippen LogP contribution in [0.4, 0.5) is 11.4 Å². The van der Waals surface area contributed by atoms with Crippen molar-refractivity contribution in [2.75, 3.05) is 23.1 Å². The van der Waals surface area contributed by atoms with E-state index in [4.69, 9.17) is 16.3 Å². The summed E-state index contributed by atoms with van der Waals surface area (Å²) in [5, 5.41) is 3.12. The normalized spacial score (nSPS) is 15.9. The monoisotopic (exact) mass is 438 g/mol.